The Morgan fingerprint density at radius 1 is 1.43 bits per heavy atom. The van der Waals surface area contributed by atoms with Gasteiger partial charge in [0, 0.05) is 12.0 Å². The Morgan fingerprint density at radius 2 is 2.14 bits per heavy atom. The molecule has 0 radical (unpaired) electrons. The summed E-state index contributed by atoms with van der Waals surface area (Å²) >= 11 is 3.11. The van der Waals surface area contributed by atoms with Gasteiger partial charge >= 0.3 is 0 Å². The number of alkyl halides is 1. The fraction of sp³-hybridized carbons (Fsp3) is 0.273. The summed E-state index contributed by atoms with van der Waals surface area (Å²) in [6.07, 6.45) is 1.18. The molecule has 0 amide bonds. The molecular formula is C11H11BrO2. The van der Waals surface area contributed by atoms with Gasteiger partial charge in [0.25, 0.3) is 0 Å². The van der Waals surface area contributed by atoms with Crippen molar-refractivity contribution < 1.29 is 9.59 Å². The zero-order chi connectivity index (χ0) is 10.6. The van der Waals surface area contributed by atoms with Gasteiger partial charge in [-0.3, -0.25) is 9.59 Å². The summed E-state index contributed by atoms with van der Waals surface area (Å²) in [5.74, 6) is 0.118. The van der Waals surface area contributed by atoms with Gasteiger partial charge in [0.2, 0.25) is 0 Å². The van der Waals surface area contributed by atoms with Crippen molar-refractivity contribution in [2.75, 3.05) is 5.33 Å². The molecule has 0 unspecified atom stereocenters. The number of aldehydes is 1. The van der Waals surface area contributed by atoms with Crippen molar-refractivity contribution in [2.45, 2.75) is 13.3 Å². The Balaban J connectivity index is 2.91. The number of ketones is 1. The number of rotatable bonds is 4. The molecule has 0 aliphatic rings. The van der Waals surface area contributed by atoms with Gasteiger partial charge < -0.3 is 0 Å². The maximum absolute atomic E-state index is 11.2. The quantitative estimate of drug-likeness (QED) is 0.611. The number of hydrogen-bond donors (Lipinski definition) is 0. The van der Waals surface area contributed by atoms with Gasteiger partial charge in [0.05, 0.1) is 5.33 Å². The van der Waals surface area contributed by atoms with Crippen molar-refractivity contribution in [3.63, 3.8) is 0 Å². The number of Topliss-reactive ketones (excluding diaryl/α,β-unsaturated/α-hetero) is 1. The predicted molar refractivity (Wildman–Crippen MR) is 59.1 cm³/mol. The van der Waals surface area contributed by atoms with E-state index in [1.54, 1.807) is 12.1 Å². The van der Waals surface area contributed by atoms with Crippen LogP contribution in [0.15, 0.2) is 18.2 Å². The number of halogens is 1. The summed E-state index contributed by atoms with van der Waals surface area (Å²) in [6.45, 7) is 1.91. The summed E-state index contributed by atoms with van der Waals surface area (Å²) < 4.78 is 0. The maximum Gasteiger partial charge on any atom is 0.150 e. The standard InChI is InChI=1S/C11H11BrO2/c1-8-2-9(5-11(14)6-12)4-10(3-8)7-13/h2-4,7H,5-6H2,1H3. The lowest BCUT2D eigenvalue weighted by Gasteiger charge is -2.02. The third-order valence-corrected chi connectivity index (χ3v) is 2.47. The van der Waals surface area contributed by atoms with Crippen LogP contribution in [0.25, 0.3) is 0 Å². The fourth-order valence-electron chi connectivity index (χ4n) is 1.34. The average molecular weight is 255 g/mol. The average Bonchev–Trinajstić information content (AvgIpc) is 2.16. The second-order valence-corrected chi connectivity index (χ2v) is 3.78. The van der Waals surface area contributed by atoms with Gasteiger partial charge in [-0.15, -0.1) is 0 Å². The largest absolute Gasteiger partial charge is 0.298 e. The SMILES string of the molecule is Cc1cc(C=O)cc(CC(=O)CBr)c1. The van der Waals surface area contributed by atoms with Crippen LogP contribution < -0.4 is 0 Å². The summed E-state index contributed by atoms with van der Waals surface area (Å²) in [4.78, 5) is 21.7. The molecule has 1 rings (SSSR count). The van der Waals surface area contributed by atoms with Crippen LogP contribution in [0.1, 0.15) is 21.5 Å². The summed E-state index contributed by atoms with van der Waals surface area (Å²) in [7, 11) is 0. The molecule has 0 saturated carbocycles. The van der Waals surface area contributed by atoms with E-state index < -0.39 is 0 Å². The molecular weight excluding hydrogens is 244 g/mol. The normalized spacial score (nSPS) is 9.86. The zero-order valence-electron chi connectivity index (χ0n) is 7.92. The summed E-state index contributed by atoms with van der Waals surface area (Å²) in [5.41, 5.74) is 2.53. The highest BCUT2D eigenvalue weighted by atomic mass is 79.9. The Bertz CT molecular complexity index is 358. The van der Waals surface area contributed by atoms with Crippen LogP contribution in [0.4, 0.5) is 0 Å². The summed E-state index contributed by atoms with van der Waals surface area (Å²) in [5, 5.41) is 0.358. The topological polar surface area (TPSA) is 34.1 Å². The number of carbonyl (C=O) groups is 2. The first-order chi connectivity index (χ1) is 6.65. The molecule has 2 nitrogen and oxygen atoms in total. The molecule has 0 aliphatic carbocycles. The van der Waals surface area contributed by atoms with Gasteiger partial charge in [-0.05, 0) is 24.6 Å². The Morgan fingerprint density at radius 3 is 2.71 bits per heavy atom. The molecule has 0 bridgehead atoms. The molecule has 0 spiro atoms. The van der Waals surface area contributed by atoms with E-state index in [2.05, 4.69) is 15.9 Å². The molecule has 0 N–H and O–H groups in total. The molecule has 0 aliphatic heterocycles. The Labute approximate surface area is 91.4 Å². The predicted octanol–water partition coefficient (Wildman–Crippen LogP) is 2.31. The first-order valence-corrected chi connectivity index (χ1v) is 5.41. The number of hydrogen-bond acceptors (Lipinski definition) is 2. The van der Waals surface area contributed by atoms with E-state index in [0.29, 0.717) is 17.3 Å². The Kier molecular flexibility index (Phi) is 4.01. The van der Waals surface area contributed by atoms with Crippen LogP contribution in [0.5, 0.6) is 0 Å². The van der Waals surface area contributed by atoms with Crippen molar-refractivity contribution in [1.82, 2.24) is 0 Å². The number of carbonyl (C=O) groups excluding carboxylic acids is 2. The van der Waals surface area contributed by atoms with Crippen molar-refractivity contribution in [3.8, 4) is 0 Å². The number of aryl methyl sites for hydroxylation is 1. The van der Waals surface area contributed by atoms with E-state index in [1.807, 2.05) is 13.0 Å². The third-order valence-electron chi connectivity index (χ3n) is 1.85. The van der Waals surface area contributed by atoms with Gasteiger partial charge in [0.15, 0.2) is 0 Å². The molecule has 14 heavy (non-hydrogen) atoms. The van der Waals surface area contributed by atoms with Crippen LogP contribution >= 0.6 is 15.9 Å². The van der Waals surface area contributed by atoms with Crippen LogP contribution in [0.3, 0.4) is 0 Å². The van der Waals surface area contributed by atoms with Crippen LogP contribution in [-0.2, 0) is 11.2 Å². The monoisotopic (exact) mass is 254 g/mol. The first kappa shape index (κ1) is 11.1. The van der Waals surface area contributed by atoms with Crippen molar-refractivity contribution in [3.05, 3.63) is 34.9 Å². The molecule has 0 saturated heterocycles. The highest BCUT2D eigenvalue weighted by Gasteiger charge is 2.03. The Hall–Kier alpha value is -0.960. The van der Waals surface area contributed by atoms with Crippen LogP contribution in [0.2, 0.25) is 0 Å². The number of benzene rings is 1. The van der Waals surface area contributed by atoms with Gasteiger partial charge in [-0.2, -0.15) is 0 Å². The molecule has 1 aromatic rings. The fourth-order valence-corrected chi connectivity index (χ4v) is 1.54. The molecule has 0 fully saturated rings. The highest BCUT2D eigenvalue weighted by molar-refractivity contribution is 9.09. The van der Waals surface area contributed by atoms with E-state index in [9.17, 15) is 9.59 Å². The smallest absolute Gasteiger partial charge is 0.150 e. The second kappa shape index (κ2) is 5.05. The van der Waals surface area contributed by atoms with Crippen molar-refractivity contribution in [2.24, 2.45) is 0 Å². The van der Waals surface area contributed by atoms with E-state index in [0.717, 1.165) is 17.4 Å². The lowest BCUT2D eigenvalue weighted by atomic mass is 10.0. The second-order valence-electron chi connectivity index (χ2n) is 3.22. The third kappa shape index (κ3) is 3.07. The summed E-state index contributed by atoms with van der Waals surface area (Å²) in [6, 6.07) is 5.48. The van der Waals surface area contributed by atoms with E-state index in [-0.39, 0.29) is 5.78 Å². The van der Waals surface area contributed by atoms with Gasteiger partial charge in [0.1, 0.15) is 12.1 Å². The van der Waals surface area contributed by atoms with Crippen LogP contribution in [0, 0.1) is 6.92 Å². The highest BCUT2D eigenvalue weighted by Crippen LogP contribution is 2.09. The van der Waals surface area contributed by atoms with Gasteiger partial charge in [-0.25, -0.2) is 0 Å². The maximum atomic E-state index is 11.2. The molecule has 1 aromatic carbocycles. The molecule has 0 aromatic heterocycles. The first-order valence-electron chi connectivity index (χ1n) is 4.29. The molecule has 0 atom stereocenters. The lowest BCUT2D eigenvalue weighted by Crippen LogP contribution is -2.04. The lowest BCUT2D eigenvalue weighted by molar-refractivity contribution is -0.115. The van der Waals surface area contributed by atoms with E-state index in [4.69, 9.17) is 0 Å². The zero-order valence-corrected chi connectivity index (χ0v) is 9.50. The molecule has 0 heterocycles. The molecule has 3 heteroatoms. The minimum absolute atomic E-state index is 0.118. The van der Waals surface area contributed by atoms with E-state index >= 15 is 0 Å². The van der Waals surface area contributed by atoms with Crippen molar-refractivity contribution >= 4 is 28.0 Å². The van der Waals surface area contributed by atoms with E-state index in [1.165, 1.54) is 0 Å². The minimum atomic E-state index is 0.118. The van der Waals surface area contributed by atoms with Crippen LogP contribution in [-0.4, -0.2) is 17.4 Å². The minimum Gasteiger partial charge on any atom is -0.298 e. The van der Waals surface area contributed by atoms with Crippen molar-refractivity contribution in [1.29, 1.82) is 0 Å². The van der Waals surface area contributed by atoms with Gasteiger partial charge in [-0.1, -0.05) is 27.6 Å². The molecule has 74 valence electrons.